The van der Waals surface area contributed by atoms with Crippen molar-refractivity contribution in [1.82, 2.24) is 13.9 Å². The van der Waals surface area contributed by atoms with Gasteiger partial charge in [-0.05, 0) is 55.5 Å². The molecular weight excluding hydrogens is 454 g/mol. The van der Waals surface area contributed by atoms with Crippen LogP contribution in [0.2, 0.25) is 5.02 Å². The van der Waals surface area contributed by atoms with Crippen LogP contribution in [-0.4, -0.2) is 53.0 Å². The Labute approximate surface area is 191 Å². The SMILES string of the molecule is CCOc1ccc(S(=O)(=O)N2CCC(c3cn(CC(=O)O)c4ccc(Cl)cc34)CC2)cn1. The number of hydrogen-bond acceptors (Lipinski definition) is 5. The summed E-state index contributed by atoms with van der Waals surface area (Å²) in [6.07, 6.45) is 4.44. The lowest BCUT2D eigenvalue weighted by atomic mass is 9.90. The van der Waals surface area contributed by atoms with Crippen LogP contribution in [-0.2, 0) is 21.4 Å². The van der Waals surface area contributed by atoms with Gasteiger partial charge in [0.25, 0.3) is 0 Å². The Balaban J connectivity index is 1.54. The van der Waals surface area contributed by atoms with Gasteiger partial charge < -0.3 is 14.4 Å². The predicted octanol–water partition coefficient (Wildman–Crippen LogP) is 3.74. The number of ether oxygens (including phenoxy) is 1. The van der Waals surface area contributed by atoms with Crippen LogP contribution >= 0.6 is 11.6 Å². The molecule has 0 saturated carbocycles. The molecule has 1 saturated heterocycles. The molecule has 0 aliphatic carbocycles. The normalized spacial score (nSPS) is 15.8. The zero-order valence-electron chi connectivity index (χ0n) is 17.6. The van der Waals surface area contributed by atoms with Gasteiger partial charge in [-0.3, -0.25) is 4.79 Å². The van der Waals surface area contributed by atoms with E-state index in [4.69, 9.17) is 16.3 Å². The molecule has 32 heavy (non-hydrogen) atoms. The number of benzene rings is 1. The third kappa shape index (κ3) is 4.46. The summed E-state index contributed by atoms with van der Waals surface area (Å²) in [6.45, 7) is 2.89. The summed E-state index contributed by atoms with van der Waals surface area (Å²) >= 11 is 6.20. The molecule has 0 spiro atoms. The number of hydrogen-bond donors (Lipinski definition) is 1. The first-order chi connectivity index (χ1) is 15.3. The summed E-state index contributed by atoms with van der Waals surface area (Å²) < 4.78 is 34.5. The number of carbonyl (C=O) groups is 1. The standard InChI is InChI=1S/C22H24ClN3O5S/c1-2-31-21-6-4-17(12-24-21)32(29,30)26-9-7-15(8-10-26)19-13-25(14-22(27)28)20-5-3-16(23)11-18(19)20/h3-6,11-13,15H,2,7-10,14H2,1H3,(H,27,28). The average Bonchev–Trinajstić information content (AvgIpc) is 3.11. The van der Waals surface area contributed by atoms with Gasteiger partial charge in [0.2, 0.25) is 15.9 Å². The number of carboxylic acids is 1. The number of aliphatic carboxylic acids is 1. The zero-order chi connectivity index (χ0) is 22.9. The highest BCUT2D eigenvalue weighted by molar-refractivity contribution is 7.89. The second-order valence-electron chi connectivity index (χ2n) is 7.71. The number of rotatable bonds is 7. The molecule has 0 amide bonds. The van der Waals surface area contributed by atoms with Crippen LogP contribution in [0.1, 0.15) is 31.2 Å². The van der Waals surface area contributed by atoms with Crippen LogP contribution in [0.4, 0.5) is 0 Å². The molecule has 3 heterocycles. The maximum atomic E-state index is 13.0. The summed E-state index contributed by atoms with van der Waals surface area (Å²) in [5, 5.41) is 10.7. The van der Waals surface area contributed by atoms with Gasteiger partial charge in [0, 0.05) is 41.3 Å². The van der Waals surface area contributed by atoms with E-state index in [-0.39, 0.29) is 17.4 Å². The van der Waals surface area contributed by atoms with Crippen molar-refractivity contribution < 1.29 is 23.1 Å². The van der Waals surface area contributed by atoms with Crippen LogP contribution in [0, 0.1) is 0 Å². The molecule has 1 fully saturated rings. The van der Waals surface area contributed by atoms with Gasteiger partial charge in [-0.15, -0.1) is 0 Å². The fraction of sp³-hybridized carbons (Fsp3) is 0.364. The first kappa shape index (κ1) is 22.6. The quantitative estimate of drug-likeness (QED) is 0.556. The molecule has 1 aliphatic rings. The highest BCUT2D eigenvalue weighted by Gasteiger charge is 2.31. The molecule has 0 unspecified atom stereocenters. The van der Waals surface area contributed by atoms with Gasteiger partial charge in [0.05, 0.1) is 12.8 Å². The van der Waals surface area contributed by atoms with Gasteiger partial charge in [0.15, 0.2) is 0 Å². The Morgan fingerprint density at radius 3 is 2.62 bits per heavy atom. The monoisotopic (exact) mass is 477 g/mol. The Morgan fingerprint density at radius 2 is 2.00 bits per heavy atom. The lowest BCUT2D eigenvalue weighted by Crippen LogP contribution is -2.37. The Hall–Kier alpha value is -2.62. The molecule has 0 bridgehead atoms. The number of carboxylic acid groups (broad SMARTS) is 1. The van der Waals surface area contributed by atoms with E-state index in [9.17, 15) is 18.3 Å². The lowest BCUT2D eigenvalue weighted by Gasteiger charge is -2.31. The highest BCUT2D eigenvalue weighted by atomic mass is 35.5. The summed E-state index contributed by atoms with van der Waals surface area (Å²) in [5.74, 6) is -0.425. The van der Waals surface area contributed by atoms with Gasteiger partial charge >= 0.3 is 5.97 Å². The largest absolute Gasteiger partial charge is 0.480 e. The zero-order valence-corrected chi connectivity index (χ0v) is 19.1. The van der Waals surface area contributed by atoms with Gasteiger partial charge in [-0.1, -0.05) is 11.6 Å². The van der Waals surface area contributed by atoms with E-state index in [0.29, 0.717) is 43.4 Å². The van der Waals surface area contributed by atoms with E-state index in [2.05, 4.69) is 4.98 Å². The molecule has 1 N–H and O–H groups in total. The fourth-order valence-corrected chi connectivity index (χ4v) is 5.80. The fourth-order valence-electron chi connectivity index (χ4n) is 4.21. The van der Waals surface area contributed by atoms with Crippen LogP contribution in [0.15, 0.2) is 47.6 Å². The minimum absolute atomic E-state index is 0.107. The lowest BCUT2D eigenvalue weighted by molar-refractivity contribution is -0.137. The first-order valence-corrected chi connectivity index (χ1v) is 12.2. The third-order valence-electron chi connectivity index (χ3n) is 5.71. The van der Waals surface area contributed by atoms with E-state index < -0.39 is 16.0 Å². The number of pyridine rings is 1. The molecule has 0 atom stereocenters. The molecule has 4 rings (SSSR count). The second-order valence-corrected chi connectivity index (χ2v) is 10.1. The van der Waals surface area contributed by atoms with Crippen molar-refractivity contribution >= 4 is 38.5 Å². The second kappa shape index (κ2) is 9.09. The number of aromatic nitrogens is 2. The number of nitrogens with zero attached hydrogens (tertiary/aromatic N) is 3. The molecule has 170 valence electrons. The summed E-state index contributed by atoms with van der Waals surface area (Å²) in [7, 11) is -3.65. The molecular formula is C22H24ClN3O5S. The van der Waals surface area contributed by atoms with E-state index in [1.165, 1.54) is 16.6 Å². The maximum Gasteiger partial charge on any atom is 0.323 e. The van der Waals surface area contributed by atoms with Crippen molar-refractivity contribution in [2.75, 3.05) is 19.7 Å². The predicted molar refractivity (Wildman–Crippen MR) is 121 cm³/mol. The van der Waals surface area contributed by atoms with Crippen molar-refractivity contribution in [3.05, 3.63) is 53.3 Å². The van der Waals surface area contributed by atoms with Crippen molar-refractivity contribution in [2.24, 2.45) is 0 Å². The third-order valence-corrected chi connectivity index (χ3v) is 7.83. The molecule has 8 nitrogen and oxygen atoms in total. The van der Waals surface area contributed by atoms with Crippen molar-refractivity contribution in [2.45, 2.75) is 37.1 Å². The Morgan fingerprint density at radius 1 is 1.25 bits per heavy atom. The number of halogens is 1. The Bertz CT molecular complexity index is 1230. The van der Waals surface area contributed by atoms with Crippen LogP contribution in [0.25, 0.3) is 10.9 Å². The summed E-state index contributed by atoms with van der Waals surface area (Å²) in [4.78, 5) is 15.5. The molecule has 10 heteroatoms. The van der Waals surface area contributed by atoms with E-state index in [1.54, 1.807) is 16.7 Å². The topological polar surface area (TPSA) is 102 Å². The number of fused-ring (bicyclic) bond motifs is 1. The smallest absolute Gasteiger partial charge is 0.323 e. The first-order valence-electron chi connectivity index (χ1n) is 10.4. The molecule has 1 aliphatic heterocycles. The summed E-state index contributed by atoms with van der Waals surface area (Å²) in [6, 6.07) is 8.49. The molecule has 3 aromatic rings. The molecule has 1 aromatic carbocycles. The van der Waals surface area contributed by atoms with Crippen LogP contribution < -0.4 is 4.74 Å². The molecule has 0 radical (unpaired) electrons. The minimum atomic E-state index is -3.65. The van der Waals surface area contributed by atoms with Gasteiger partial charge in [-0.2, -0.15) is 4.31 Å². The average molecular weight is 478 g/mol. The van der Waals surface area contributed by atoms with Crippen molar-refractivity contribution in [1.29, 1.82) is 0 Å². The van der Waals surface area contributed by atoms with E-state index in [0.717, 1.165) is 16.5 Å². The van der Waals surface area contributed by atoms with E-state index >= 15 is 0 Å². The molecule has 2 aromatic heterocycles. The summed E-state index contributed by atoms with van der Waals surface area (Å²) in [5.41, 5.74) is 1.81. The van der Waals surface area contributed by atoms with E-state index in [1.807, 2.05) is 25.3 Å². The number of piperidine rings is 1. The Kier molecular flexibility index (Phi) is 6.41. The number of sulfonamides is 1. The van der Waals surface area contributed by atoms with Gasteiger partial charge in [-0.25, -0.2) is 13.4 Å². The van der Waals surface area contributed by atoms with Crippen LogP contribution in [0.3, 0.4) is 0 Å². The highest BCUT2D eigenvalue weighted by Crippen LogP contribution is 2.37. The minimum Gasteiger partial charge on any atom is -0.480 e. The van der Waals surface area contributed by atoms with Gasteiger partial charge in [0.1, 0.15) is 11.4 Å². The van der Waals surface area contributed by atoms with Crippen molar-refractivity contribution in [3.8, 4) is 5.88 Å². The maximum absolute atomic E-state index is 13.0. The van der Waals surface area contributed by atoms with Crippen molar-refractivity contribution in [3.63, 3.8) is 0 Å². The van der Waals surface area contributed by atoms with Crippen LogP contribution in [0.5, 0.6) is 5.88 Å².